The standard InChI is InChI=1S/C28H29F2N5O5/c1-38-28-20(3-2-9-31-28)26(36)34-23-15-32-22(27(37)33-18-8-12-39-16-18)14-24(23)35-10-6-19(7-11-35)40-25-5-4-17(29)13-21(25)30/h2-5,9,13-15,18-19H,6-8,10-12,16H2,1H3,(H,33,37)(H,34,36). The van der Waals surface area contributed by atoms with Crippen LogP contribution in [0.3, 0.4) is 0 Å². The summed E-state index contributed by atoms with van der Waals surface area (Å²) < 4.78 is 43.7. The fraction of sp³-hybridized carbons (Fsp3) is 0.357. The summed E-state index contributed by atoms with van der Waals surface area (Å²) >= 11 is 0. The van der Waals surface area contributed by atoms with E-state index in [9.17, 15) is 18.4 Å². The van der Waals surface area contributed by atoms with E-state index in [1.807, 2.05) is 4.90 Å². The molecule has 2 amide bonds. The average Bonchev–Trinajstić information content (AvgIpc) is 3.48. The molecule has 2 aromatic heterocycles. The third-order valence-corrected chi connectivity index (χ3v) is 6.81. The molecule has 2 aliphatic rings. The molecule has 2 fully saturated rings. The van der Waals surface area contributed by atoms with Crippen LogP contribution in [0.4, 0.5) is 20.2 Å². The molecule has 210 valence electrons. The maximum Gasteiger partial charge on any atom is 0.270 e. The number of nitrogens with zero attached hydrogens (tertiary/aromatic N) is 3. The predicted octanol–water partition coefficient (Wildman–Crippen LogP) is 3.58. The van der Waals surface area contributed by atoms with Crippen LogP contribution in [0.2, 0.25) is 0 Å². The Morgan fingerprint density at radius 1 is 1.07 bits per heavy atom. The molecular weight excluding hydrogens is 524 g/mol. The second-order valence-corrected chi connectivity index (χ2v) is 9.51. The minimum Gasteiger partial charge on any atom is -0.487 e. The predicted molar refractivity (Wildman–Crippen MR) is 142 cm³/mol. The number of carbonyl (C=O) groups is 2. The van der Waals surface area contributed by atoms with Crippen molar-refractivity contribution in [2.75, 3.05) is 43.6 Å². The molecule has 1 unspecified atom stereocenters. The number of pyridine rings is 2. The van der Waals surface area contributed by atoms with E-state index in [2.05, 4.69) is 20.6 Å². The van der Waals surface area contributed by atoms with E-state index in [1.54, 1.807) is 18.2 Å². The van der Waals surface area contributed by atoms with Crippen LogP contribution in [0.25, 0.3) is 0 Å². The molecule has 2 aliphatic heterocycles. The van der Waals surface area contributed by atoms with E-state index in [4.69, 9.17) is 14.2 Å². The summed E-state index contributed by atoms with van der Waals surface area (Å²) in [5.41, 5.74) is 1.45. The maximum atomic E-state index is 14.1. The largest absolute Gasteiger partial charge is 0.487 e. The lowest BCUT2D eigenvalue weighted by atomic mass is 10.1. The fourth-order valence-electron chi connectivity index (χ4n) is 4.72. The first-order valence-electron chi connectivity index (χ1n) is 13.0. The number of methoxy groups -OCH3 is 1. The van der Waals surface area contributed by atoms with Gasteiger partial charge in [-0.3, -0.25) is 9.59 Å². The second-order valence-electron chi connectivity index (χ2n) is 9.51. The van der Waals surface area contributed by atoms with E-state index < -0.39 is 17.5 Å². The first kappa shape index (κ1) is 27.3. The Bertz CT molecular complexity index is 1380. The van der Waals surface area contributed by atoms with E-state index in [-0.39, 0.29) is 40.9 Å². The minimum atomic E-state index is -0.754. The van der Waals surface area contributed by atoms with Crippen molar-refractivity contribution in [3.8, 4) is 11.6 Å². The van der Waals surface area contributed by atoms with Gasteiger partial charge in [0, 0.05) is 44.8 Å². The van der Waals surface area contributed by atoms with Gasteiger partial charge in [0.2, 0.25) is 5.88 Å². The molecule has 0 saturated carbocycles. The number of rotatable bonds is 8. The van der Waals surface area contributed by atoms with Crippen molar-refractivity contribution in [2.45, 2.75) is 31.4 Å². The summed E-state index contributed by atoms with van der Waals surface area (Å²) in [6.45, 7) is 2.02. The number of aromatic nitrogens is 2. The van der Waals surface area contributed by atoms with Gasteiger partial charge in [-0.15, -0.1) is 0 Å². The quantitative estimate of drug-likeness (QED) is 0.435. The Balaban J connectivity index is 1.35. The first-order chi connectivity index (χ1) is 19.4. The highest BCUT2D eigenvalue weighted by molar-refractivity contribution is 6.07. The number of benzene rings is 1. The van der Waals surface area contributed by atoms with Gasteiger partial charge >= 0.3 is 0 Å². The zero-order chi connectivity index (χ0) is 28.1. The minimum absolute atomic E-state index is 0.00280. The van der Waals surface area contributed by atoms with Gasteiger partial charge in [-0.2, -0.15) is 0 Å². The molecule has 4 heterocycles. The smallest absolute Gasteiger partial charge is 0.270 e. The van der Waals surface area contributed by atoms with Gasteiger partial charge in [0.1, 0.15) is 23.2 Å². The molecule has 0 radical (unpaired) electrons. The number of nitrogens with one attached hydrogen (secondary N) is 2. The third kappa shape index (κ3) is 6.28. The normalized spacial score (nSPS) is 17.4. The van der Waals surface area contributed by atoms with Gasteiger partial charge in [0.05, 0.1) is 37.3 Å². The molecule has 2 N–H and O–H groups in total. The van der Waals surface area contributed by atoms with E-state index >= 15 is 0 Å². The molecule has 40 heavy (non-hydrogen) atoms. The number of anilines is 2. The van der Waals surface area contributed by atoms with Crippen molar-refractivity contribution < 1.29 is 32.6 Å². The Kier molecular flexibility index (Phi) is 8.34. The molecule has 1 atom stereocenters. The summed E-state index contributed by atoms with van der Waals surface area (Å²) in [7, 11) is 1.43. The summed E-state index contributed by atoms with van der Waals surface area (Å²) in [5, 5.41) is 5.80. The number of halogens is 2. The molecule has 0 bridgehead atoms. The van der Waals surface area contributed by atoms with E-state index in [0.717, 1.165) is 18.6 Å². The third-order valence-electron chi connectivity index (χ3n) is 6.81. The van der Waals surface area contributed by atoms with Crippen LogP contribution in [0, 0.1) is 11.6 Å². The molecule has 3 aromatic rings. The van der Waals surface area contributed by atoms with Gasteiger partial charge in [-0.25, -0.2) is 18.7 Å². The highest BCUT2D eigenvalue weighted by Crippen LogP contribution is 2.31. The van der Waals surface area contributed by atoms with E-state index in [0.29, 0.717) is 50.5 Å². The lowest BCUT2D eigenvalue weighted by molar-refractivity contribution is 0.0924. The molecule has 5 rings (SSSR count). The number of hydrogen-bond donors (Lipinski definition) is 2. The molecule has 1 aromatic carbocycles. The van der Waals surface area contributed by atoms with Crippen LogP contribution in [-0.2, 0) is 4.74 Å². The van der Waals surface area contributed by atoms with Gasteiger partial charge in [0.15, 0.2) is 11.6 Å². The molecule has 10 nitrogen and oxygen atoms in total. The van der Waals surface area contributed by atoms with Crippen LogP contribution in [-0.4, -0.2) is 67.3 Å². The Morgan fingerprint density at radius 3 is 2.62 bits per heavy atom. The van der Waals surface area contributed by atoms with Gasteiger partial charge in [-0.05, 0) is 36.8 Å². The van der Waals surface area contributed by atoms with Crippen LogP contribution < -0.4 is 25.0 Å². The first-order valence-corrected chi connectivity index (χ1v) is 13.0. The Labute approximate surface area is 229 Å². The molecular formula is C28H29F2N5O5. The number of piperidine rings is 1. The van der Waals surface area contributed by atoms with E-state index in [1.165, 1.54) is 25.6 Å². The van der Waals surface area contributed by atoms with Crippen molar-refractivity contribution in [2.24, 2.45) is 0 Å². The maximum absolute atomic E-state index is 14.1. The van der Waals surface area contributed by atoms with Crippen molar-refractivity contribution in [1.82, 2.24) is 15.3 Å². The fourth-order valence-corrected chi connectivity index (χ4v) is 4.72. The monoisotopic (exact) mass is 553 g/mol. The second kappa shape index (κ2) is 12.2. The van der Waals surface area contributed by atoms with Crippen molar-refractivity contribution in [3.63, 3.8) is 0 Å². The summed E-state index contributed by atoms with van der Waals surface area (Å²) in [6, 6.07) is 8.00. The highest BCUT2D eigenvalue weighted by atomic mass is 19.1. The lowest BCUT2D eigenvalue weighted by Gasteiger charge is -2.35. The molecule has 0 spiro atoms. The summed E-state index contributed by atoms with van der Waals surface area (Å²) in [4.78, 5) is 36.5. The highest BCUT2D eigenvalue weighted by Gasteiger charge is 2.27. The number of amides is 2. The van der Waals surface area contributed by atoms with Crippen molar-refractivity contribution in [3.05, 3.63) is 71.7 Å². The van der Waals surface area contributed by atoms with Gasteiger partial charge in [0.25, 0.3) is 11.8 Å². The van der Waals surface area contributed by atoms with Crippen LogP contribution in [0.15, 0.2) is 48.8 Å². The average molecular weight is 554 g/mol. The molecule has 2 saturated heterocycles. The Morgan fingerprint density at radius 2 is 1.90 bits per heavy atom. The molecule has 0 aliphatic carbocycles. The van der Waals surface area contributed by atoms with Gasteiger partial charge in [-0.1, -0.05) is 0 Å². The zero-order valence-corrected chi connectivity index (χ0v) is 21.9. The van der Waals surface area contributed by atoms with Crippen LogP contribution in [0.1, 0.15) is 40.1 Å². The topological polar surface area (TPSA) is 115 Å². The van der Waals surface area contributed by atoms with Crippen molar-refractivity contribution in [1.29, 1.82) is 0 Å². The Hall–Kier alpha value is -4.32. The number of carbonyl (C=O) groups excluding carboxylic acids is 2. The lowest BCUT2D eigenvalue weighted by Crippen LogP contribution is -2.39. The zero-order valence-electron chi connectivity index (χ0n) is 21.9. The number of ether oxygens (including phenoxy) is 3. The summed E-state index contributed by atoms with van der Waals surface area (Å²) in [5.74, 6) is -2.04. The van der Waals surface area contributed by atoms with Gasteiger partial charge < -0.3 is 29.7 Å². The van der Waals surface area contributed by atoms with Crippen LogP contribution >= 0.6 is 0 Å². The number of hydrogen-bond acceptors (Lipinski definition) is 8. The summed E-state index contributed by atoms with van der Waals surface area (Å²) in [6.07, 6.45) is 4.47. The molecule has 12 heteroatoms. The van der Waals surface area contributed by atoms with Crippen molar-refractivity contribution >= 4 is 23.2 Å². The SMILES string of the molecule is COc1ncccc1C(=O)Nc1cnc(C(=O)NC2CCOC2)cc1N1CCC(Oc2ccc(F)cc2F)CC1. The van der Waals surface area contributed by atoms with Crippen LogP contribution in [0.5, 0.6) is 11.6 Å².